The lowest BCUT2D eigenvalue weighted by atomic mass is 9.94. The summed E-state index contributed by atoms with van der Waals surface area (Å²) in [6.45, 7) is 9.67. The lowest BCUT2D eigenvalue weighted by Crippen LogP contribution is -2.51. The van der Waals surface area contributed by atoms with Gasteiger partial charge in [0.2, 0.25) is 5.91 Å². The Hall–Kier alpha value is -2.29. The third-order valence-electron chi connectivity index (χ3n) is 5.97. The maximum Gasteiger partial charge on any atom is 0.240 e. The summed E-state index contributed by atoms with van der Waals surface area (Å²) in [5.74, 6) is 6.92. The number of rotatable bonds is 4. The molecule has 29 heavy (non-hydrogen) atoms. The van der Waals surface area contributed by atoms with Crippen molar-refractivity contribution in [2.75, 3.05) is 26.3 Å². The van der Waals surface area contributed by atoms with Crippen LogP contribution in [0.5, 0.6) is 0 Å². The number of carbonyl (C=O) groups is 1. The first kappa shape index (κ1) is 20.0. The topological polar surface area (TPSA) is 46.5 Å². The highest BCUT2D eigenvalue weighted by atomic mass is 16.5. The molecule has 0 spiro atoms. The van der Waals surface area contributed by atoms with E-state index in [1.165, 1.54) is 22.0 Å². The minimum Gasteiger partial charge on any atom is -0.378 e. The van der Waals surface area contributed by atoms with Crippen LogP contribution in [-0.4, -0.2) is 47.7 Å². The van der Waals surface area contributed by atoms with Crippen LogP contribution >= 0.6 is 0 Å². The fraction of sp³-hybridized carbons (Fsp3) is 0.542. The second-order valence-electron chi connectivity index (χ2n) is 8.49. The molecule has 2 aromatic rings. The first-order valence-electron chi connectivity index (χ1n) is 10.7. The zero-order chi connectivity index (χ0) is 20.4. The lowest BCUT2D eigenvalue weighted by molar-refractivity contribution is -0.137. The average molecular weight is 394 g/mol. The van der Waals surface area contributed by atoms with E-state index < -0.39 is 0 Å². The van der Waals surface area contributed by atoms with Gasteiger partial charge in [0.25, 0.3) is 0 Å². The SMILES string of the molecule is CC#CCn1cc2c3c(cccc31)[C@H](CC(C)C)N[C@H](C(=O)N1CCOCC1)C2. The Bertz CT molecular complexity index is 944. The van der Waals surface area contributed by atoms with Crippen molar-refractivity contribution in [3.63, 3.8) is 0 Å². The predicted octanol–water partition coefficient (Wildman–Crippen LogP) is 3.12. The van der Waals surface area contributed by atoms with Crippen LogP contribution in [0.25, 0.3) is 10.9 Å². The molecule has 0 aliphatic carbocycles. The standard InChI is InChI=1S/C24H31N3O2/c1-4-5-9-27-16-18-15-21(24(28)26-10-12-29-13-11-26)25-20(14-17(2)3)19-7-6-8-22(27)23(18)19/h6-8,16-17,20-21,25H,9-15H2,1-3H3/t20-,21-/m0/s1. The lowest BCUT2D eigenvalue weighted by Gasteiger charge is -2.32. The van der Waals surface area contributed by atoms with E-state index in [-0.39, 0.29) is 18.0 Å². The summed E-state index contributed by atoms with van der Waals surface area (Å²) in [5, 5.41) is 5.04. The molecule has 2 atom stereocenters. The van der Waals surface area contributed by atoms with Crippen molar-refractivity contribution in [3.05, 3.63) is 35.5 Å². The van der Waals surface area contributed by atoms with Gasteiger partial charge in [-0.25, -0.2) is 0 Å². The molecule has 0 radical (unpaired) electrons. The van der Waals surface area contributed by atoms with Gasteiger partial charge in [0, 0.05) is 36.2 Å². The fourth-order valence-corrected chi connectivity index (χ4v) is 4.65. The molecule has 1 aromatic carbocycles. The number of aromatic nitrogens is 1. The number of carbonyl (C=O) groups excluding carboxylic acids is 1. The molecule has 0 saturated carbocycles. The Kier molecular flexibility index (Phi) is 5.94. The van der Waals surface area contributed by atoms with Crippen molar-refractivity contribution in [1.82, 2.24) is 14.8 Å². The van der Waals surface area contributed by atoms with Crippen LogP contribution in [-0.2, 0) is 22.5 Å². The van der Waals surface area contributed by atoms with Crippen LogP contribution in [0.3, 0.4) is 0 Å². The molecule has 0 unspecified atom stereocenters. The number of hydrogen-bond acceptors (Lipinski definition) is 3. The van der Waals surface area contributed by atoms with Crippen LogP contribution in [0, 0.1) is 17.8 Å². The van der Waals surface area contributed by atoms with Gasteiger partial charge in [-0.15, -0.1) is 5.92 Å². The Balaban J connectivity index is 1.75. The van der Waals surface area contributed by atoms with Gasteiger partial charge < -0.3 is 14.2 Å². The highest BCUT2D eigenvalue weighted by Gasteiger charge is 2.33. The van der Waals surface area contributed by atoms with Crippen molar-refractivity contribution in [2.45, 2.75) is 52.2 Å². The van der Waals surface area contributed by atoms with Gasteiger partial charge in [0.05, 0.1) is 25.8 Å². The normalized spacial score (nSPS) is 21.7. The highest BCUT2D eigenvalue weighted by molar-refractivity contribution is 5.90. The first-order chi connectivity index (χ1) is 14.1. The molecule has 2 aliphatic rings. The molecule has 1 fully saturated rings. The van der Waals surface area contributed by atoms with E-state index >= 15 is 0 Å². The van der Waals surface area contributed by atoms with Crippen molar-refractivity contribution in [1.29, 1.82) is 0 Å². The third-order valence-corrected chi connectivity index (χ3v) is 5.97. The van der Waals surface area contributed by atoms with Gasteiger partial charge in [0.15, 0.2) is 0 Å². The largest absolute Gasteiger partial charge is 0.378 e. The average Bonchev–Trinajstić information content (AvgIpc) is 3.00. The Labute approximate surface area is 173 Å². The van der Waals surface area contributed by atoms with Crippen LogP contribution in [0.1, 0.15) is 44.4 Å². The molecule has 5 nitrogen and oxygen atoms in total. The van der Waals surface area contributed by atoms with Gasteiger partial charge >= 0.3 is 0 Å². The van der Waals surface area contributed by atoms with Crippen LogP contribution < -0.4 is 5.32 Å². The second-order valence-corrected chi connectivity index (χ2v) is 8.49. The van der Waals surface area contributed by atoms with Gasteiger partial charge in [0.1, 0.15) is 0 Å². The predicted molar refractivity (Wildman–Crippen MR) is 116 cm³/mol. The number of benzene rings is 1. The molecular weight excluding hydrogens is 362 g/mol. The number of nitrogens with one attached hydrogen (secondary N) is 1. The summed E-state index contributed by atoms with van der Waals surface area (Å²) >= 11 is 0. The third kappa shape index (κ3) is 4.05. The smallest absolute Gasteiger partial charge is 0.240 e. The van der Waals surface area contributed by atoms with Crippen molar-refractivity contribution >= 4 is 16.8 Å². The van der Waals surface area contributed by atoms with E-state index in [0.717, 1.165) is 6.42 Å². The van der Waals surface area contributed by atoms with E-state index in [9.17, 15) is 4.79 Å². The molecule has 0 bridgehead atoms. The maximum absolute atomic E-state index is 13.4. The van der Waals surface area contributed by atoms with Crippen LogP contribution in [0.15, 0.2) is 24.4 Å². The summed E-state index contributed by atoms with van der Waals surface area (Å²) < 4.78 is 7.68. The van der Waals surface area contributed by atoms with E-state index in [1.54, 1.807) is 0 Å². The number of hydrogen-bond donors (Lipinski definition) is 1. The molecule has 2 aliphatic heterocycles. The fourth-order valence-electron chi connectivity index (χ4n) is 4.65. The number of amides is 1. The number of nitrogens with zero attached hydrogens (tertiary/aromatic N) is 2. The number of ether oxygens (including phenoxy) is 1. The quantitative estimate of drug-likeness (QED) is 0.812. The molecule has 1 amide bonds. The second kappa shape index (κ2) is 8.61. The van der Waals surface area contributed by atoms with E-state index in [1.807, 2.05) is 11.8 Å². The van der Waals surface area contributed by atoms with Crippen molar-refractivity contribution in [3.8, 4) is 11.8 Å². The summed E-state index contributed by atoms with van der Waals surface area (Å²) in [6.07, 6.45) is 3.92. The van der Waals surface area contributed by atoms with E-state index in [0.29, 0.717) is 45.2 Å². The van der Waals surface area contributed by atoms with E-state index in [2.05, 4.69) is 60.0 Å². The molecule has 5 heteroatoms. The molecule has 4 rings (SSSR count). The highest BCUT2D eigenvalue weighted by Crippen LogP contribution is 2.36. The summed E-state index contributed by atoms with van der Waals surface area (Å²) in [6, 6.07) is 6.50. The molecule has 1 saturated heterocycles. The molecule has 3 heterocycles. The Morgan fingerprint density at radius 3 is 2.83 bits per heavy atom. The van der Waals surface area contributed by atoms with Crippen molar-refractivity contribution in [2.24, 2.45) is 5.92 Å². The molecular formula is C24H31N3O2. The number of morpholine rings is 1. The van der Waals surface area contributed by atoms with Crippen LogP contribution in [0.2, 0.25) is 0 Å². The summed E-state index contributed by atoms with van der Waals surface area (Å²) in [7, 11) is 0. The Morgan fingerprint density at radius 2 is 2.10 bits per heavy atom. The van der Waals surface area contributed by atoms with Gasteiger partial charge in [-0.3, -0.25) is 10.1 Å². The summed E-state index contributed by atoms with van der Waals surface area (Å²) in [5.41, 5.74) is 3.78. The maximum atomic E-state index is 13.4. The van der Waals surface area contributed by atoms with Gasteiger partial charge in [-0.1, -0.05) is 31.9 Å². The van der Waals surface area contributed by atoms with E-state index in [4.69, 9.17) is 4.74 Å². The van der Waals surface area contributed by atoms with Crippen molar-refractivity contribution < 1.29 is 9.53 Å². The zero-order valence-electron chi connectivity index (χ0n) is 17.7. The molecule has 1 aromatic heterocycles. The monoisotopic (exact) mass is 393 g/mol. The molecule has 154 valence electrons. The zero-order valence-corrected chi connectivity index (χ0v) is 17.7. The van der Waals surface area contributed by atoms with Gasteiger partial charge in [-0.05, 0) is 42.9 Å². The van der Waals surface area contributed by atoms with Crippen LogP contribution in [0.4, 0.5) is 0 Å². The molecule has 1 N–H and O–H groups in total. The Morgan fingerprint density at radius 1 is 1.31 bits per heavy atom. The summed E-state index contributed by atoms with van der Waals surface area (Å²) in [4.78, 5) is 15.3. The van der Waals surface area contributed by atoms with Gasteiger partial charge in [-0.2, -0.15) is 0 Å². The minimum absolute atomic E-state index is 0.169. The minimum atomic E-state index is -0.208. The first-order valence-corrected chi connectivity index (χ1v) is 10.7.